The quantitative estimate of drug-likeness (QED) is 0.483. The Balaban J connectivity index is 2.75. The second-order valence-corrected chi connectivity index (χ2v) is 4.48. The van der Waals surface area contributed by atoms with Crippen molar-refractivity contribution < 1.29 is 14.3 Å². The summed E-state index contributed by atoms with van der Waals surface area (Å²) in [5.74, 6) is 6.89. The van der Waals surface area contributed by atoms with Crippen molar-refractivity contribution in [3.63, 3.8) is 0 Å². The highest BCUT2D eigenvalue weighted by Crippen LogP contribution is 2.29. The van der Waals surface area contributed by atoms with Crippen LogP contribution in [0.4, 0.5) is 0 Å². The van der Waals surface area contributed by atoms with Crippen molar-refractivity contribution in [2.45, 2.75) is 26.2 Å². The average Bonchev–Trinajstić information content (AvgIpc) is 2.39. The van der Waals surface area contributed by atoms with Crippen LogP contribution in [-0.2, 0) is 11.2 Å². The minimum atomic E-state index is -0.0647. The standard InChI is InChI=1S/C14H22N2O3/c1-10-8-11(18-3)9-13(19-4)12(10)6-5-7-14(17)16(2)15/h8-9H,5-7,15H2,1-4H3. The van der Waals surface area contributed by atoms with Crippen molar-refractivity contribution >= 4 is 5.91 Å². The lowest BCUT2D eigenvalue weighted by molar-refractivity contribution is -0.130. The number of nitrogens with zero attached hydrogens (tertiary/aromatic N) is 1. The van der Waals surface area contributed by atoms with Gasteiger partial charge in [0.25, 0.3) is 0 Å². The van der Waals surface area contributed by atoms with Crippen LogP contribution in [0.15, 0.2) is 12.1 Å². The summed E-state index contributed by atoms with van der Waals surface area (Å²) in [7, 11) is 4.82. The Morgan fingerprint density at radius 2 is 2.00 bits per heavy atom. The molecule has 106 valence electrons. The third kappa shape index (κ3) is 4.13. The molecule has 0 bridgehead atoms. The highest BCUT2D eigenvalue weighted by atomic mass is 16.5. The Hall–Kier alpha value is -1.75. The maximum absolute atomic E-state index is 11.4. The maximum atomic E-state index is 11.4. The number of ether oxygens (including phenoxy) is 2. The molecule has 0 aliphatic rings. The van der Waals surface area contributed by atoms with E-state index in [9.17, 15) is 4.79 Å². The number of carbonyl (C=O) groups is 1. The van der Waals surface area contributed by atoms with Gasteiger partial charge in [0, 0.05) is 19.5 Å². The van der Waals surface area contributed by atoms with E-state index in [1.54, 1.807) is 21.3 Å². The molecule has 5 heteroatoms. The summed E-state index contributed by atoms with van der Waals surface area (Å²) in [6.45, 7) is 2.01. The molecule has 2 N–H and O–H groups in total. The molecule has 1 aromatic carbocycles. The Morgan fingerprint density at radius 3 is 2.53 bits per heavy atom. The van der Waals surface area contributed by atoms with E-state index < -0.39 is 0 Å². The minimum absolute atomic E-state index is 0.0647. The topological polar surface area (TPSA) is 64.8 Å². The molecule has 1 amide bonds. The number of rotatable bonds is 6. The number of hydrogen-bond acceptors (Lipinski definition) is 4. The number of methoxy groups -OCH3 is 2. The third-order valence-electron chi connectivity index (χ3n) is 3.07. The van der Waals surface area contributed by atoms with Gasteiger partial charge in [0.2, 0.25) is 5.91 Å². The van der Waals surface area contributed by atoms with Gasteiger partial charge in [-0.3, -0.25) is 9.80 Å². The number of hydrogen-bond donors (Lipinski definition) is 1. The molecular weight excluding hydrogens is 244 g/mol. The first-order valence-electron chi connectivity index (χ1n) is 6.22. The van der Waals surface area contributed by atoms with E-state index in [2.05, 4.69) is 0 Å². The van der Waals surface area contributed by atoms with Gasteiger partial charge in [-0.25, -0.2) is 5.84 Å². The van der Waals surface area contributed by atoms with Crippen molar-refractivity contribution in [3.8, 4) is 11.5 Å². The van der Waals surface area contributed by atoms with Gasteiger partial charge in [-0.05, 0) is 37.0 Å². The maximum Gasteiger partial charge on any atom is 0.236 e. The fourth-order valence-electron chi connectivity index (χ4n) is 1.97. The number of aryl methyl sites for hydroxylation is 1. The van der Waals surface area contributed by atoms with Gasteiger partial charge in [-0.15, -0.1) is 0 Å². The monoisotopic (exact) mass is 266 g/mol. The summed E-state index contributed by atoms with van der Waals surface area (Å²) < 4.78 is 10.6. The molecule has 1 aromatic rings. The molecule has 0 heterocycles. The number of hydrazine groups is 1. The van der Waals surface area contributed by atoms with Crippen molar-refractivity contribution in [1.29, 1.82) is 0 Å². The summed E-state index contributed by atoms with van der Waals surface area (Å²) in [4.78, 5) is 11.4. The number of carbonyl (C=O) groups excluding carboxylic acids is 1. The van der Waals surface area contributed by atoms with E-state index in [1.165, 1.54) is 0 Å². The van der Waals surface area contributed by atoms with Crippen LogP contribution < -0.4 is 15.3 Å². The van der Waals surface area contributed by atoms with Crippen LogP contribution in [0.1, 0.15) is 24.0 Å². The molecule has 0 saturated carbocycles. The molecule has 0 aromatic heterocycles. The first-order valence-corrected chi connectivity index (χ1v) is 6.22. The zero-order valence-corrected chi connectivity index (χ0v) is 12.0. The summed E-state index contributed by atoms with van der Waals surface area (Å²) in [6.07, 6.45) is 1.95. The Morgan fingerprint density at radius 1 is 1.32 bits per heavy atom. The van der Waals surface area contributed by atoms with Crippen LogP contribution in [0.5, 0.6) is 11.5 Å². The summed E-state index contributed by atoms with van der Waals surface area (Å²) in [5.41, 5.74) is 2.21. The number of benzene rings is 1. The van der Waals surface area contributed by atoms with Crippen LogP contribution in [-0.4, -0.2) is 32.2 Å². The molecular formula is C14H22N2O3. The first kappa shape index (κ1) is 15.3. The number of nitrogens with two attached hydrogens (primary N) is 1. The summed E-state index contributed by atoms with van der Waals surface area (Å²) in [5, 5.41) is 1.12. The predicted octanol–water partition coefficient (Wildman–Crippen LogP) is 1.67. The Bertz CT molecular complexity index is 445. The van der Waals surface area contributed by atoms with E-state index in [-0.39, 0.29) is 5.91 Å². The second kappa shape index (κ2) is 6.99. The van der Waals surface area contributed by atoms with Crippen LogP contribution in [0.2, 0.25) is 0 Å². The molecule has 0 spiro atoms. The van der Waals surface area contributed by atoms with Gasteiger partial charge in [0.1, 0.15) is 11.5 Å². The average molecular weight is 266 g/mol. The van der Waals surface area contributed by atoms with Crippen molar-refractivity contribution in [3.05, 3.63) is 23.3 Å². The SMILES string of the molecule is COc1cc(C)c(CCCC(=O)N(C)N)c(OC)c1. The van der Waals surface area contributed by atoms with Crippen molar-refractivity contribution in [1.82, 2.24) is 5.01 Å². The summed E-state index contributed by atoms with van der Waals surface area (Å²) in [6, 6.07) is 3.83. The van der Waals surface area contributed by atoms with Gasteiger partial charge in [0.15, 0.2) is 0 Å². The van der Waals surface area contributed by atoms with Gasteiger partial charge >= 0.3 is 0 Å². The molecule has 1 rings (SSSR count). The van der Waals surface area contributed by atoms with E-state index in [4.69, 9.17) is 15.3 Å². The van der Waals surface area contributed by atoms with E-state index in [1.807, 2.05) is 19.1 Å². The van der Waals surface area contributed by atoms with Gasteiger partial charge in [0.05, 0.1) is 14.2 Å². The fourth-order valence-corrected chi connectivity index (χ4v) is 1.97. The second-order valence-electron chi connectivity index (χ2n) is 4.48. The third-order valence-corrected chi connectivity index (χ3v) is 3.07. The molecule has 0 aliphatic carbocycles. The van der Waals surface area contributed by atoms with Crippen molar-refractivity contribution in [2.75, 3.05) is 21.3 Å². The molecule has 0 aliphatic heterocycles. The molecule has 0 fully saturated rings. The molecule has 19 heavy (non-hydrogen) atoms. The van der Waals surface area contributed by atoms with Crippen LogP contribution in [0, 0.1) is 6.92 Å². The number of amides is 1. The summed E-state index contributed by atoms with van der Waals surface area (Å²) >= 11 is 0. The predicted molar refractivity (Wildman–Crippen MR) is 74.2 cm³/mol. The van der Waals surface area contributed by atoms with E-state index >= 15 is 0 Å². The zero-order valence-electron chi connectivity index (χ0n) is 12.0. The van der Waals surface area contributed by atoms with Crippen molar-refractivity contribution in [2.24, 2.45) is 5.84 Å². The smallest absolute Gasteiger partial charge is 0.236 e. The van der Waals surface area contributed by atoms with Crippen LogP contribution in [0.3, 0.4) is 0 Å². The Kier molecular flexibility index (Phi) is 5.63. The largest absolute Gasteiger partial charge is 0.497 e. The lowest BCUT2D eigenvalue weighted by Crippen LogP contribution is -2.32. The van der Waals surface area contributed by atoms with Gasteiger partial charge in [-0.1, -0.05) is 0 Å². The normalized spacial score (nSPS) is 10.2. The Labute approximate surface area is 114 Å². The lowest BCUT2D eigenvalue weighted by atomic mass is 10.0. The fraction of sp³-hybridized carbons (Fsp3) is 0.500. The molecule has 0 saturated heterocycles. The highest BCUT2D eigenvalue weighted by molar-refractivity contribution is 5.75. The zero-order chi connectivity index (χ0) is 14.4. The molecule has 0 radical (unpaired) electrons. The minimum Gasteiger partial charge on any atom is -0.497 e. The lowest BCUT2D eigenvalue weighted by Gasteiger charge is -2.14. The van der Waals surface area contributed by atoms with E-state index in [0.717, 1.165) is 40.5 Å². The van der Waals surface area contributed by atoms with Crippen LogP contribution >= 0.6 is 0 Å². The molecule has 0 unspecified atom stereocenters. The van der Waals surface area contributed by atoms with E-state index in [0.29, 0.717) is 6.42 Å². The van der Waals surface area contributed by atoms with Gasteiger partial charge in [-0.2, -0.15) is 0 Å². The van der Waals surface area contributed by atoms with Crippen LogP contribution in [0.25, 0.3) is 0 Å². The molecule has 0 atom stereocenters. The first-order chi connectivity index (χ1) is 8.99. The van der Waals surface area contributed by atoms with Gasteiger partial charge < -0.3 is 9.47 Å². The highest BCUT2D eigenvalue weighted by Gasteiger charge is 2.11. The molecule has 5 nitrogen and oxygen atoms in total.